The van der Waals surface area contributed by atoms with Gasteiger partial charge in [0.2, 0.25) is 0 Å². The van der Waals surface area contributed by atoms with Crippen LogP contribution >= 0.6 is 0 Å². The number of benzene rings is 1. The number of hydrogen-bond donors (Lipinski definition) is 1. The van der Waals surface area contributed by atoms with Crippen LogP contribution in [0.4, 0.5) is 0 Å². The molecule has 88 valence electrons. The predicted molar refractivity (Wildman–Crippen MR) is 65.6 cm³/mol. The third-order valence-electron chi connectivity index (χ3n) is 2.55. The Kier molecular flexibility index (Phi) is 4.50. The van der Waals surface area contributed by atoms with Crippen molar-refractivity contribution in [3.05, 3.63) is 41.1 Å². The third kappa shape index (κ3) is 3.66. The van der Waals surface area contributed by atoms with Gasteiger partial charge in [-0.05, 0) is 12.0 Å². The van der Waals surface area contributed by atoms with Crippen molar-refractivity contribution >= 4 is 6.21 Å². The van der Waals surface area contributed by atoms with E-state index in [4.69, 9.17) is 5.11 Å². The average molecular weight is 221 g/mol. The third-order valence-corrected chi connectivity index (χ3v) is 2.55. The highest BCUT2D eigenvalue weighted by Crippen LogP contribution is 2.06. The molecule has 16 heavy (non-hydrogen) atoms. The van der Waals surface area contributed by atoms with Gasteiger partial charge in [-0.2, -0.15) is 0 Å². The lowest BCUT2D eigenvalue weighted by Gasteiger charge is -2.21. The van der Waals surface area contributed by atoms with Gasteiger partial charge in [-0.1, -0.05) is 30.3 Å². The van der Waals surface area contributed by atoms with E-state index in [9.17, 15) is 5.21 Å². The number of nitrogens with zero attached hydrogens (tertiary/aromatic N) is 1. The summed E-state index contributed by atoms with van der Waals surface area (Å²) in [5.74, 6) is 0. The minimum atomic E-state index is -0.726. The Labute approximate surface area is 96.6 Å². The highest BCUT2D eigenvalue weighted by atomic mass is 16.5. The maximum absolute atomic E-state index is 11.6. The highest BCUT2D eigenvalue weighted by molar-refractivity contribution is 5.52. The number of aryl methyl sites for hydroxylation is 1. The zero-order valence-electron chi connectivity index (χ0n) is 9.89. The minimum Gasteiger partial charge on any atom is -0.624 e. The zero-order chi connectivity index (χ0) is 12.0. The van der Waals surface area contributed by atoms with Gasteiger partial charge in [0.05, 0.1) is 0 Å². The fraction of sp³-hybridized carbons (Fsp3) is 0.462. The van der Waals surface area contributed by atoms with Crippen LogP contribution in [-0.4, -0.2) is 28.2 Å². The molecule has 1 rings (SSSR count). The molecule has 0 aliphatic rings. The summed E-state index contributed by atoms with van der Waals surface area (Å²) >= 11 is 0. The van der Waals surface area contributed by atoms with Gasteiger partial charge in [0.1, 0.15) is 6.61 Å². The van der Waals surface area contributed by atoms with Crippen molar-refractivity contribution in [2.45, 2.75) is 32.2 Å². The van der Waals surface area contributed by atoms with Crippen molar-refractivity contribution in [2.75, 3.05) is 6.61 Å². The quantitative estimate of drug-likeness (QED) is 0.357. The molecule has 0 saturated carbocycles. The van der Waals surface area contributed by atoms with Gasteiger partial charge in [-0.25, -0.2) is 4.74 Å². The molecule has 0 bridgehead atoms. The molecule has 0 fully saturated rings. The van der Waals surface area contributed by atoms with Crippen LogP contribution in [0.1, 0.15) is 25.8 Å². The van der Waals surface area contributed by atoms with E-state index in [1.165, 1.54) is 5.56 Å². The molecule has 0 atom stereocenters. The van der Waals surface area contributed by atoms with E-state index in [1.54, 1.807) is 20.1 Å². The van der Waals surface area contributed by atoms with E-state index in [2.05, 4.69) is 0 Å². The molecule has 0 aromatic heterocycles. The van der Waals surface area contributed by atoms with Gasteiger partial charge < -0.3 is 10.3 Å². The second-order valence-corrected chi connectivity index (χ2v) is 4.50. The minimum absolute atomic E-state index is 0.141. The van der Waals surface area contributed by atoms with Gasteiger partial charge in [-0.15, -0.1) is 0 Å². The first-order chi connectivity index (χ1) is 7.56. The molecule has 0 aliphatic heterocycles. The second-order valence-electron chi connectivity index (χ2n) is 4.50. The molecule has 0 spiro atoms. The molecule has 0 saturated heterocycles. The summed E-state index contributed by atoms with van der Waals surface area (Å²) in [7, 11) is 0. The van der Waals surface area contributed by atoms with Crippen molar-refractivity contribution in [2.24, 2.45) is 0 Å². The summed E-state index contributed by atoms with van der Waals surface area (Å²) in [6.45, 7) is 3.30. The van der Waals surface area contributed by atoms with Crippen LogP contribution in [-0.2, 0) is 6.42 Å². The van der Waals surface area contributed by atoms with Gasteiger partial charge in [0.15, 0.2) is 11.8 Å². The van der Waals surface area contributed by atoms with E-state index in [0.717, 1.165) is 11.2 Å². The molecule has 0 unspecified atom stereocenters. The second kappa shape index (κ2) is 5.66. The predicted octanol–water partition coefficient (Wildman–Crippen LogP) is 1.97. The lowest BCUT2D eigenvalue weighted by atomic mass is 10.1. The van der Waals surface area contributed by atoms with Crippen LogP contribution in [0.3, 0.4) is 0 Å². The molecular formula is C13H19NO2. The van der Waals surface area contributed by atoms with Gasteiger partial charge in [0, 0.05) is 20.3 Å². The molecule has 0 radical (unpaired) electrons. The number of hydroxylamine groups is 1. The number of rotatable bonds is 5. The van der Waals surface area contributed by atoms with E-state index < -0.39 is 5.54 Å². The van der Waals surface area contributed by atoms with Gasteiger partial charge >= 0.3 is 0 Å². The molecule has 0 heterocycles. The maximum atomic E-state index is 11.6. The molecule has 1 aromatic rings. The first kappa shape index (κ1) is 12.7. The summed E-state index contributed by atoms with van der Waals surface area (Å²) in [6.07, 6.45) is 3.14. The van der Waals surface area contributed by atoms with E-state index in [0.29, 0.717) is 6.42 Å². The number of aliphatic hydroxyl groups excluding tert-OH is 1. The molecule has 0 amide bonds. The Hall–Kier alpha value is -1.35. The largest absolute Gasteiger partial charge is 0.624 e. The standard InChI is InChI=1S/C13H19NO2/c1-13(2,11-15)14(16)10-6-9-12-7-4-3-5-8-12/h3-5,7-8,10,15H,6,9,11H2,1-2H3/b14-10-. The first-order valence-corrected chi connectivity index (χ1v) is 5.51. The Morgan fingerprint density at radius 1 is 1.31 bits per heavy atom. The molecule has 3 heteroatoms. The number of hydrogen-bond acceptors (Lipinski definition) is 2. The summed E-state index contributed by atoms with van der Waals surface area (Å²) in [5, 5.41) is 20.6. The summed E-state index contributed by atoms with van der Waals surface area (Å²) in [6, 6.07) is 10.0. The zero-order valence-corrected chi connectivity index (χ0v) is 9.89. The van der Waals surface area contributed by atoms with Gasteiger partial charge in [-0.3, -0.25) is 0 Å². The lowest BCUT2D eigenvalue weighted by molar-refractivity contribution is -0.541. The maximum Gasteiger partial charge on any atom is 0.189 e. The van der Waals surface area contributed by atoms with Crippen LogP contribution in [0, 0.1) is 5.21 Å². The highest BCUT2D eigenvalue weighted by Gasteiger charge is 2.24. The summed E-state index contributed by atoms with van der Waals surface area (Å²) < 4.78 is 0.843. The van der Waals surface area contributed by atoms with Crippen molar-refractivity contribution in [3.8, 4) is 0 Å². The van der Waals surface area contributed by atoms with Crippen molar-refractivity contribution in [1.29, 1.82) is 0 Å². The SMILES string of the molecule is CC(C)(CO)/[N+]([O-])=C/CCc1ccccc1. The Morgan fingerprint density at radius 3 is 2.50 bits per heavy atom. The smallest absolute Gasteiger partial charge is 0.189 e. The van der Waals surface area contributed by atoms with Crippen molar-refractivity contribution < 1.29 is 9.85 Å². The first-order valence-electron chi connectivity index (χ1n) is 5.51. The number of aliphatic hydroxyl groups is 1. The van der Waals surface area contributed by atoms with Crippen LogP contribution in [0.15, 0.2) is 30.3 Å². The molecular weight excluding hydrogens is 202 g/mol. The van der Waals surface area contributed by atoms with Gasteiger partial charge in [0.25, 0.3) is 0 Å². The Balaban J connectivity index is 2.49. The van der Waals surface area contributed by atoms with E-state index in [1.807, 2.05) is 30.3 Å². The fourth-order valence-corrected chi connectivity index (χ4v) is 1.31. The molecule has 1 aromatic carbocycles. The van der Waals surface area contributed by atoms with E-state index >= 15 is 0 Å². The Bertz CT molecular complexity index is 344. The van der Waals surface area contributed by atoms with Crippen LogP contribution in [0.2, 0.25) is 0 Å². The molecule has 3 nitrogen and oxygen atoms in total. The monoisotopic (exact) mass is 221 g/mol. The fourth-order valence-electron chi connectivity index (χ4n) is 1.31. The topological polar surface area (TPSA) is 46.3 Å². The van der Waals surface area contributed by atoms with Crippen LogP contribution < -0.4 is 0 Å². The average Bonchev–Trinajstić information content (AvgIpc) is 2.30. The van der Waals surface area contributed by atoms with Crippen molar-refractivity contribution in [3.63, 3.8) is 0 Å². The van der Waals surface area contributed by atoms with E-state index in [-0.39, 0.29) is 6.61 Å². The lowest BCUT2D eigenvalue weighted by Crippen LogP contribution is -2.37. The molecule has 0 aliphatic carbocycles. The molecule has 1 N–H and O–H groups in total. The Morgan fingerprint density at radius 2 is 1.94 bits per heavy atom. The van der Waals surface area contributed by atoms with Crippen LogP contribution in [0.25, 0.3) is 0 Å². The summed E-state index contributed by atoms with van der Waals surface area (Å²) in [5.41, 5.74) is 0.491. The summed E-state index contributed by atoms with van der Waals surface area (Å²) in [4.78, 5) is 0. The normalized spacial score (nSPS) is 12.8. The van der Waals surface area contributed by atoms with Crippen LogP contribution in [0.5, 0.6) is 0 Å². The van der Waals surface area contributed by atoms with Crippen molar-refractivity contribution in [1.82, 2.24) is 0 Å².